The van der Waals surface area contributed by atoms with E-state index < -0.39 is 34.5 Å². The number of hydrogen-bond donors (Lipinski definition) is 2. The molecule has 0 aliphatic carbocycles. The van der Waals surface area contributed by atoms with Crippen LogP contribution in [0.5, 0.6) is 5.75 Å². The predicted octanol–water partition coefficient (Wildman–Crippen LogP) is 1.63. The molecule has 1 aliphatic rings. The van der Waals surface area contributed by atoms with Gasteiger partial charge in [-0.15, -0.1) is 0 Å². The summed E-state index contributed by atoms with van der Waals surface area (Å²) in [7, 11) is 0. The molecule has 0 saturated carbocycles. The monoisotopic (exact) mass is 353 g/mol. The molecule has 0 bridgehead atoms. The summed E-state index contributed by atoms with van der Waals surface area (Å²) in [6.07, 6.45) is 0. The Bertz CT molecular complexity index is 749. The van der Waals surface area contributed by atoms with Crippen LogP contribution in [-0.2, 0) is 9.53 Å². The molecule has 9 nitrogen and oxygen atoms in total. The molecule has 1 aromatic rings. The number of nitrogens with one attached hydrogen (secondary N) is 2. The van der Waals surface area contributed by atoms with Crippen LogP contribution in [0.25, 0.3) is 0 Å². The summed E-state index contributed by atoms with van der Waals surface area (Å²) >= 11 is 0. The number of ether oxygens (including phenoxy) is 2. The summed E-state index contributed by atoms with van der Waals surface area (Å²) in [6, 6.07) is 1.55. The highest BCUT2D eigenvalue weighted by Gasteiger charge is 2.30. The van der Waals surface area contributed by atoms with Crippen LogP contribution in [0.4, 0.5) is 14.9 Å². The van der Waals surface area contributed by atoms with Gasteiger partial charge in [0.1, 0.15) is 12.4 Å². The number of urea groups is 1. The number of nitro groups is 1. The molecule has 0 aromatic heterocycles. The Morgan fingerprint density at radius 3 is 2.80 bits per heavy atom. The van der Waals surface area contributed by atoms with Crippen molar-refractivity contribution in [2.75, 3.05) is 13.2 Å². The van der Waals surface area contributed by atoms with E-state index in [9.17, 15) is 24.1 Å². The molecule has 0 fully saturated rings. The fourth-order valence-corrected chi connectivity index (χ4v) is 2.30. The minimum Gasteiger partial charge on any atom is -0.480 e. The van der Waals surface area contributed by atoms with Crippen molar-refractivity contribution in [3.8, 4) is 5.75 Å². The Morgan fingerprint density at radius 1 is 1.44 bits per heavy atom. The van der Waals surface area contributed by atoms with Crippen molar-refractivity contribution >= 4 is 17.7 Å². The number of nitro benzene ring substituents is 1. The van der Waals surface area contributed by atoms with E-state index in [0.29, 0.717) is 0 Å². The molecular formula is C15H16FN3O6. The van der Waals surface area contributed by atoms with Crippen molar-refractivity contribution in [2.45, 2.75) is 19.9 Å². The van der Waals surface area contributed by atoms with Gasteiger partial charge in [0, 0.05) is 12.1 Å². The van der Waals surface area contributed by atoms with Crippen molar-refractivity contribution < 1.29 is 28.4 Å². The average molecular weight is 353 g/mol. The van der Waals surface area contributed by atoms with Gasteiger partial charge in [-0.3, -0.25) is 10.1 Å². The molecule has 1 aromatic carbocycles. The number of rotatable bonds is 6. The van der Waals surface area contributed by atoms with E-state index in [1.807, 2.05) is 0 Å². The summed E-state index contributed by atoms with van der Waals surface area (Å²) in [5, 5.41) is 15.9. The van der Waals surface area contributed by atoms with Crippen molar-refractivity contribution in [3.05, 3.63) is 45.4 Å². The molecule has 2 rings (SSSR count). The smallest absolute Gasteiger partial charge is 0.338 e. The number of carbonyl (C=O) groups is 2. The standard InChI is InChI=1S/C15H16FN3O6/c1-3-24-14(20)13-8(2)17-15(21)18-10(13)7-25-12-6-9(16)4-5-11(12)19(22)23/h4-6,8H,3,7H2,1-2H3,(H2,17,18,21). The van der Waals surface area contributed by atoms with E-state index in [1.54, 1.807) is 13.8 Å². The van der Waals surface area contributed by atoms with Gasteiger partial charge in [-0.1, -0.05) is 0 Å². The molecule has 1 unspecified atom stereocenters. The summed E-state index contributed by atoms with van der Waals surface area (Å²) in [4.78, 5) is 33.9. The van der Waals surface area contributed by atoms with Crippen molar-refractivity contribution in [3.63, 3.8) is 0 Å². The first-order chi connectivity index (χ1) is 11.8. The highest BCUT2D eigenvalue weighted by Crippen LogP contribution is 2.28. The summed E-state index contributed by atoms with van der Waals surface area (Å²) in [6.45, 7) is 2.96. The molecular weight excluding hydrogens is 337 g/mol. The topological polar surface area (TPSA) is 120 Å². The van der Waals surface area contributed by atoms with Crippen LogP contribution in [-0.4, -0.2) is 36.2 Å². The van der Waals surface area contributed by atoms with Crippen LogP contribution in [0.1, 0.15) is 13.8 Å². The molecule has 134 valence electrons. The molecule has 0 spiro atoms. The van der Waals surface area contributed by atoms with E-state index in [2.05, 4.69) is 10.6 Å². The second-order valence-corrected chi connectivity index (χ2v) is 5.09. The van der Waals surface area contributed by atoms with Crippen LogP contribution in [0.15, 0.2) is 29.5 Å². The van der Waals surface area contributed by atoms with Gasteiger partial charge in [0.2, 0.25) is 0 Å². The van der Waals surface area contributed by atoms with Gasteiger partial charge in [-0.2, -0.15) is 0 Å². The minimum absolute atomic E-state index is 0.0910. The maximum atomic E-state index is 13.3. The summed E-state index contributed by atoms with van der Waals surface area (Å²) in [5.41, 5.74) is -0.221. The van der Waals surface area contributed by atoms with Gasteiger partial charge < -0.3 is 20.1 Å². The van der Waals surface area contributed by atoms with Gasteiger partial charge in [0.05, 0.1) is 28.8 Å². The minimum atomic E-state index is -0.723. The Labute approximate surface area is 141 Å². The van der Waals surface area contributed by atoms with Crippen LogP contribution >= 0.6 is 0 Å². The summed E-state index contributed by atoms with van der Waals surface area (Å²) in [5.74, 6) is -1.70. The molecule has 0 saturated heterocycles. The van der Waals surface area contributed by atoms with Crippen LogP contribution in [0, 0.1) is 15.9 Å². The van der Waals surface area contributed by atoms with Crippen LogP contribution in [0.3, 0.4) is 0 Å². The highest BCUT2D eigenvalue weighted by molar-refractivity contribution is 5.94. The Morgan fingerprint density at radius 2 is 2.16 bits per heavy atom. The average Bonchev–Trinajstić information content (AvgIpc) is 2.52. The molecule has 2 N–H and O–H groups in total. The van der Waals surface area contributed by atoms with E-state index in [4.69, 9.17) is 9.47 Å². The lowest BCUT2D eigenvalue weighted by Crippen LogP contribution is -2.50. The molecule has 0 radical (unpaired) electrons. The molecule has 1 aliphatic heterocycles. The lowest BCUT2D eigenvalue weighted by atomic mass is 10.0. The van der Waals surface area contributed by atoms with Gasteiger partial charge >= 0.3 is 17.7 Å². The van der Waals surface area contributed by atoms with Crippen molar-refractivity contribution in [1.82, 2.24) is 10.6 Å². The van der Waals surface area contributed by atoms with E-state index in [-0.39, 0.29) is 30.2 Å². The largest absolute Gasteiger partial charge is 0.480 e. The second kappa shape index (κ2) is 7.60. The van der Waals surface area contributed by atoms with E-state index >= 15 is 0 Å². The number of nitrogens with zero attached hydrogens (tertiary/aromatic N) is 1. The number of amides is 2. The molecule has 1 atom stereocenters. The molecule has 1 heterocycles. The van der Waals surface area contributed by atoms with Crippen LogP contribution < -0.4 is 15.4 Å². The molecule has 2 amide bonds. The van der Waals surface area contributed by atoms with Gasteiger partial charge in [-0.25, -0.2) is 14.0 Å². The fourth-order valence-electron chi connectivity index (χ4n) is 2.30. The van der Waals surface area contributed by atoms with E-state index in [1.165, 1.54) is 0 Å². The Kier molecular flexibility index (Phi) is 5.52. The third-order valence-electron chi connectivity index (χ3n) is 3.36. The quantitative estimate of drug-likeness (QED) is 0.456. The van der Waals surface area contributed by atoms with Gasteiger partial charge in [0.15, 0.2) is 5.75 Å². The zero-order valence-corrected chi connectivity index (χ0v) is 13.5. The first-order valence-electron chi connectivity index (χ1n) is 7.37. The van der Waals surface area contributed by atoms with Crippen LogP contribution in [0.2, 0.25) is 0 Å². The van der Waals surface area contributed by atoms with Crippen molar-refractivity contribution in [1.29, 1.82) is 0 Å². The first-order valence-corrected chi connectivity index (χ1v) is 7.37. The Balaban J connectivity index is 2.31. The van der Waals surface area contributed by atoms with Gasteiger partial charge in [-0.05, 0) is 19.9 Å². The fraction of sp³-hybridized carbons (Fsp3) is 0.333. The Hall–Kier alpha value is -3.17. The third-order valence-corrected chi connectivity index (χ3v) is 3.36. The maximum absolute atomic E-state index is 13.3. The highest BCUT2D eigenvalue weighted by atomic mass is 19.1. The van der Waals surface area contributed by atoms with Gasteiger partial charge in [0.25, 0.3) is 0 Å². The zero-order valence-electron chi connectivity index (χ0n) is 13.5. The first kappa shape index (κ1) is 18.2. The third kappa shape index (κ3) is 4.22. The SMILES string of the molecule is CCOC(=O)C1=C(COc2cc(F)ccc2[N+](=O)[O-])NC(=O)NC1C. The second-order valence-electron chi connectivity index (χ2n) is 5.09. The zero-order chi connectivity index (χ0) is 18.6. The number of esters is 1. The number of benzene rings is 1. The predicted molar refractivity (Wildman–Crippen MR) is 83.3 cm³/mol. The normalized spacial score (nSPS) is 16.8. The number of halogens is 1. The molecule has 25 heavy (non-hydrogen) atoms. The maximum Gasteiger partial charge on any atom is 0.338 e. The number of carbonyl (C=O) groups excluding carboxylic acids is 2. The lowest BCUT2D eigenvalue weighted by molar-refractivity contribution is -0.385. The number of hydrogen-bond acceptors (Lipinski definition) is 6. The van der Waals surface area contributed by atoms with E-state index in [0.717, 1.165) is 18.2 Å². The summed E-state index contributed by atoms with van der Waals surface area (Å²) < 4.78 is 23.6. The van der Waals surface area contributed by atoms with Crippen molar-refractivity contribution in [2.24, 2.45) is 0 Å². The molecule has 10 heteroatoms. The lowest BCUT2D eigenvalue weighted by Gasteiger charge is -2.26.